The van der Waals surface area contributed by atoms with Crippen molar-refractivity contribution in [2.45, 2.75) is 220 Å². The summed E-state index contributed by atoms with van der Waals surface area (Å²) in [6.07, 6.45) is -33.4. The first-order valence-electron chi connectivity index (χ1n) is 41.3. The average molecular weight is 1720 g/mol. The predicted octanol–water partition coefficient (Wildman–Crippen LogP) is 12.4. The van der Waals surface area contributed by atoms with Crippen molar-refractivity contribution in [2.75, 3.05) is 27.9 Å². The highest BCUT2D eigenvalue weighted by molar-refractivity contribution is 5.90. The van der Waals surface area contributed by atoms with E-state index in [0.717, 1.165) is 25.3 Å². The first kappa shape index (κ1) is 90.1. The maximum Gasteiger partial charge on any atom is 0.408 e. The molecule has 0 saturated carbocycles. The van der Waals surface area contributed by atoms with Gasteiger partial charge in [0.2, 0.25) is 0 Å². The molecule has 8 aromatic carbocycles. The van der Waals surface area contributed by atoms with E-state index in [1.165, 1.54) is 19.2 Å². The van der Waals surface area contributed by atoms with Crippen molar-refractivity contribution in [3.8, 4) is 0 Å². The first-order chi connectivity index (χ1) is 61.2. The fraction of sp³-hybridized carbons (Fsp3) is 0.424. The van der Waals surface area contributed by atoms with E-state index in [-0.39, 0.29) is 57.2 Å². The van der Waals surface area contributed by atoms with Crippen LogP contribution in [0.2, 0.25) is 0 Å². The number of rotatable bonds is 38. The summed E-state index contributed by atoms with van der Waals surface area (Å²) < 4.78 is 140. The zero-order valence-electron chi connectivity index (χ0n) is 69.2. The molecule has 6 fully saturated rings. The van der Waals surface area contributed by atoms with Gasteiger partial charge in [-0.2, -0.15) is 0 Å². The van der Waals surface area contributed by atoms with Crippen molar-refractivity contribution in [1.82, 2.24) is 5.32 Å². The Balaban J connectivity index is 0.824. The monoisotopic (exact) mass is 1720 g/mol. The molecule has 0 bridgehead atoms. The fourth-order valence-electron chi connectivity index (χ4n) is 16.0. The summed E-state index contributed by atoms with van der Waals surface area (Å²) in [6.45, 7) is 2.63. The number of hydrogen-bond acceptors (Lipinski definition) is 28. The third-order valence-corrected chi connectivity index (χ3v) is 22.2. The third-order valence-electron chi connectivity index (χ3n) is 22.2. The van der Waals surface area contributed by atoms with Crippen LogP contribution in [0.15, 0.2) is 253 Å². The number of alkyl carbamates (subject to hydrolysis) is 1. The number of hydrogen-bond donors (Lipinski definition) is 1. The number of esters is 4. The van der Waals surface area contributed by atoms with Crippen LogP contribution in [-0.4, -0.2) is 211 Å². The van der Waals surface area contributed by atoms with Gasteiger partial charge in [0, 0.05) is 16.9 Å². The van der Waals surface area contributed by atoms with Crippen LogP contribution in [0.5, 0.6) is 0 Å². The molecular formula is C92H99N7O26. The summed E-state index contributed by atoms with van der Waals surface area (Å²) in [6, 6.07) is 67.2. The molecule has 6 heterocycles. The van der Waals surface area contributed by atoms with Crippen molar-refractivity contribution in [3.63, 3.8) is 0 Å². The molecule has 658 valence electrons. The molecule has 0 radical (unpaired) electrons. The molecule has 1 N–H and O–H groups in total. The lowest BCUT2D eigenvalue weighted by Crippen LogP contribution is -2.69. The Morgan fingerprint density at radius 2 is 0.712 bits per heavy atom. The van der Waals surface area contributed by atoms with E-state index in [1.54, 1.807) is 110 Å². The number of nitrogens with zero attached hydrogens (tertiary/aromatic N) is 6. The Kier molecular flexibility index (Phi) is 32.2. The Hall–Kier alpha value is -11.1. The van der Waals surface area contributed by atoms with E-state index >= 15 is 14.4 Å². The van der Waals surface area contributed by atoms with Gasteiger partial charge in [-0.25, -0.2) is 24.0 Å². The van der Waals surface area contributed by atoms with Gasteiger partial charge in [-0.3, -0.25) is 0 Å². The number of ether oxygens (including phenoxy) is 21. The van der Waals surface area contributed by atoms with Gasteiger partial charge in [0.25, 0.3) is 0 Å². The second kappa shape index (κ2) is 44.7. The third kappa shape index (κ3) is 22.6. The largest absolute Gasteiger partial charge is 0.467 e. The summed E-state index contributed by atoms with van der Waals surface area (Å²) in [4.78, 5) is 80.0. The van der Waals surface area contributed by atoms with Gasteiger partial charge in [-0.15, -0.1) is 0 Å². The van der Waals surface area contributed by atoms with Crippen molar-refractivity contribution in [3.05, 3.63) is 308 Å². The van der Waals surface area contributed by atoms with E-state index in [2.05, 4.69) is 25.4 Å². The molecule has 14 rings (SSSR count). The Morgan fingerprint density at radius 3 is 1.14 bits per heavy atom. The maximum atomic E-state index is 15.1. The van der Waals surface area contributed by atoms with Crippen molar-refractivity contribution < 1.29 is 123 Å². The van der Waals surface area contributed by atoms with Crippen LogP contribution in [0.25, 0.3) is 20.9 Å². The molecule has 8 aromatic rings. The lowest BCUT2D eigenvalue weighted by atomic mass is 9.93. The van der Waals surface area contributed by atoms with Crippen LogP contribution in [-0.2, 0) is 149 Å². The number of fused-ring (bicyclic) bond motifs is 1. The molecule has 0 aliphatic carbocycles. The molecule has 0 aromatic heterocycles. The minimum absolute atomic E-state index is 0.0493. The summed E-state index contributed by atoms with van der Waals surface area (Å²) in [5.41, 5.74) is 25.4. The Labute approximate surface area is 721 Å². The average Bonchev–Trinajstić information content (AvgIpc) is 1.72. The van der Waals surface area contributed by atoms with Gasteiger partial charge in [0.05, 0.1) is 77.2 Å². The van der Waals surface area contributed by atoms with Crippen LogP contribution in [0.3, 0.4) is 0 Å². The van der Waals surface area contributed by atoms with Gasteiger partial charge in [-0.1, -0.05) is 242 Å². The van der Waals surface area contributed by atoms with Gasteiger partial charge < -0.3 is 105 Å². The second-order valence-corrected chi connectivity index (χ2v) is 30.2. The van der Waals surface area contributed by atoms with E-state index in [1.807, 2.05) is 134 Å². The number of benzene rings is 8. The highest BCUT2D eigenvalue weighted by Gasteiger charge is 2.63. The van der Waals surface area contributed by atoms with E-state index in [4.69, 9.17) is 99.5 Å². The summed E-state index contributed by atoms with van der Waals surface area (Å²) in [5.74, 6) is -3.76. The standard InChI is InChI=1S/C92H99N7O26/c1-6-63-69(108-48-55-32-16-8-17-33-55)72(109-49-56-34-18-9-19-35-56)68(97-99-94)89(115-63)122-77-75(111-51-58-38-22-11-23-39-58)81(113-53-60-42-26-13-27-43-60)90(123-79(77)85(102)105-3)119-70-64(7-2)116-88(66-74(70)125-92(104)95-66)121-78-76(112-52-59-40-24-12-25-41-59)82(118-84(101)62-46-30-15-31-47-62)91(124-80(78)86(103)106-4)120-71-65(54-114-83(100)61-44-28-14-29-45-61)117-87(107-5)67(96-98-93)73(71)110-50-57-36-20-10-21-37-57/h8-47,63-82,87-91H,6-7,48-54H2,1-5H3,(H,95,104)/t63?,64?,65?,66-,67-,68?,69+,70+,71+,72-,73?,74?,75+,76-,77-,78-,79?,80?,81?,82?,87-,88+,89+,90-,91-/m1/s1. The zero-order chi connectivity index (χ0) is 87.0. The topological polar surface area (TPSA) is 389 Å². The van der Waals surface area contributed by atoms with Crippen LogP contribution in [0.4, 0.5) is 4.79 Å². The molecular weight excluding hydrogens is 1620 g/mol. The molecule has 6 aliphatic rings. The summed E-state index contributed by atoms with van der Waals surface area (Å²) in [7, 11) is 3.58. The number of amides is 1. The van der Waals surface area contributed by atoms with Crippen LogP contribution in [0.1, 0.15) is 80.8 Å². The highest BCUT2D eigenvalue weighted by atomic mass is 16.8. The Morgan fingerprint density at radius 1 is 0.368 bits per heavy atom. The van der Waals surface area contributed by atoms with E-state index in [0.29, 0.717) is 28.7 Å². The number of azide groups is 2. The highest BCUT2D eigenvalue weighted by Crippen LogP contribution is 2.43. The quantitative estimate of drug-likeness (QED) is 0.0123. The number of carbonyl (C=O) groups is 5. The molecule has 25 atom stereocenters. The second-order valence-electron chi connectivity index (χ2n) is 30.2. The number of methoxy groups -OCH3 is 3. The molecule has 1 amide bonds. The van der Waals surface area contributed by atoms with Gasteiger partial charge in [0.1, 0.15) is 91.9 Å². The van der Waals surface area contributed by atoms with Crippen LogP contribution < -0.4 is 5.32 Å². The minimum Gasteiger partial charge on any atom is -0.467 e. The molecule has 125 heavy (non-hydrogen) atoms. The molecule has 33 heteroatoms. The van der Waals surface area contributed by atoms with Crippen molar-refractivity contribution in [1.29, 1.82) is 0 Å². The first-order valence-corrected chi connectivity index (χ1v) is 41.3. The molecule has 0 spiro atoms. The lowest BCUT2D eigenvalue weighted by molar-refractivity contribution is -0.379. The van der Waals surface area contributed by atoms with E-state index in [9.17, 15) is 20.7 Å². The van der Waals surface area contributed by atoms with Crippen molar-refractivity contribution in [2.24, 2.45) is 10.2 Å². The molecule has 6 aliphatic heterocycles. The smallest absolute Gasteiger partial charge is 0.408 e. The van der Waals surface area contributed by atoms with Gasteiger partial charge in [0.15, 0.2) is 55.9 Å². The number of nitrogens with one attached hydrogen (secondary N) is 1. The van der Waals surface area contributed by atoms with Crippen LogP contribution >= 0.6 is 0 Å². The SMILES string of the molecule is CCC1O[C@@H](O[C@H]2C(C(=O)OC)O[C@@H](O[C@H]3C(COC(=O)c4ccccc4)O[C@@H](OC)[C@H](N=[N+]=[N-])C3OCc3ccccc3)C(OC(=O)c3ccccc3)[C@@H]2OCc2ccccc2)[C@@H]2NC(=O)OC2[C@H]1O[C@@H]1OC(C(=O)OC)[C@H](O[C@@H]2OC(CC)[C@H](OCc3ccccc3)[C@H](OCc3ccccc3)C2N=[N+]=[N-])[C@H](OCc2ccccc2)C1OCc1ccccc1. The maximum absolute atomic E-state index is 15.1. The lowest BCUT2D eigenvalue weighted by Gasteiger charge is -2.51. The molecule has 6 saturated heterocycles. The van der Waals surface area contributed by atoms with Gasteiger partial charge in [-0.05, 0) is 81.6 Å². The Bertz CT molecular complexity index is 4840. The molecule has 33 nitrogen and oxygen atoms in total. The van der Waals surface area contributed by atoms with E-state index < -0.39 is 190 Å². The minimum atomic E-state index is -1.96. The summed E-state index contributed by atoms with van der Waals surface area (Å²) in [5, 5.41) is 11.3. The predicted molar refractivity (Wildman–Crippen MR) is 440 cm³/mol. The summed E-state index contributed by atoms with van der Waals surface area (Å²) >= 11 is 0. The van der Waals surface area contributed by atoms with Crippen LogP contribution in [0, 0.1) is 0 Å². The van der Waals surface area contributed by atoms with Gasteiger partial charge >= 0.3 is 30.0 Å². The molecule has 10 unspecified atom stereocenters. The zero-order valence-corrected chi connectivity index (χ0v) is 69.2. The normalized spacial score (nSPS) is 30.0. The van der Waals surface area contributed by atoms with Crippen molar-refractivity contribution >= 4 is 30.0 Å². The number of carbonyl (C=O) groups excluding carboxylic acids is 5. The fourth-order valence-corrected chi connectivity index (χ4v) is 16.0.